The van der Waals surface area contributed by atoms with Gasteiger partial charge in [0, 0.05) is 31.9 Å². The van der Waals surface area contributed by atoms with Crippen molar-refractivity contribution in [3.8, 4) is 0 Å². The highest BCUT2D eigenvalue weighted by molar-refractivity contribution is 7.80. The summed E-state index contributed by atoms with van der Waals surface area (Å²) in [6.07, 6.45) is -0.273. The molecule has 0 spiro atoms. The largest absolute Gasteiger partial charge is 0.445 e. The summed E-state index contributed by atoms with van der Waals surface area (Å²) in [5.74, 6) is 0. The van der Waals surface area contributed by atoms with Gasteiger partial charge in [0.1, 0.15) is 6.61 Å². The monoisotopic (exact) mass is 355 g/mol. The molecular weight excluding hydrogens is 334 g/mol. The summed E-state index contributed by atoms with van der Waals surface area (Å²) in [5.41, 5.74) is 1.96. The molecule has 0 saturated carbocycles. The maximum Gasteiger partial charge on any atom is 0.410 e. The molecule has 0 aliphatic carbocycles. The van der Waals surface area contributed by atoms with Gasteiger partial charge >= 0.3 is 6.09 Å². The van der Waals surface area contributed by atoms with Crippen LogP contribution in [0.2, 0.25) is 0 Å². The van der Waals surface area contributed by atoms with E-state index in [9.17, 15) is 4.79 Å². The molecule has 1 aliphatic rings. The zero-order valence-corrected chi connectivity index (χ0v) is 14.7. The number of nitrogens with zero attached hydrogens (tertiary/aromatic N) is 2. The molecule has 1 heterocycles. The summed E-state index contributed by atoms with van der Waals surface area (Å²) in [7, 11) is 0. The minimum absolute atomic E-state index is 0.273. The van der Waals surface area contributed by atoms with Gasteiger partial charge in [-0.15, -0.1) is 0 Å². The van der Waals surface area contributed by atoms with Gasteiger partial charge in [0.2, 0.25) is 0 Å². The van der Waals surface area contributed by atoms with Gasteiger partial charge in [-0.3, -0.25) is 0 Å². The van der Waals surface area contributed by atoms with Crippen molar-refractivity contribution in [3.05, 3.63) is 66.2 Å². The first-order valence-corrected chi connectivity index (χ1v) is 8.70. The van der Waals surface area contributed by atoms with Gasteiger partial charge in [0.25, 0.3) is 0 Å². The first-order chi connectivity index (χ1) is 12.2. The van der Waals surface area contributed by atoms with Gasteiger partial charge in [-0.2, -0.15) is 0 Å². The molecule has 1 fully saturated rings. The van der Waals surface area contributed by atoms with E-state index in [1.807, 2.05) is 60.7 Å². The smallest absolute Gasteiger partial charge is 0.410 e. The lowest BCUT2D eigenvalue weighted by Gasteiger charge is -2.35. The number of piperazine rings is 1. The lowest BCUT2D eigenvalue weighted by atomic mass is 10.2. The first-order valence-electron chi connectivity index (χ1n) is 8.29. The topological polar surface area (TPSA) is 44.8 Å². The third-order valence-corrected chi connectivity index (χ3v) is 4.42. The maximum atomic E-state index is 12.2. The molecule has 2 aromatic rings. The maximum absolute atomic E-state index is 12.2. The molecule has 1 N–H and O–H groups in total. The Bertz CT molecular complexity index is 701. The van der Waals surface area contributed by atoms with Gasteiger partial charge in [-0.05, 0) is 29.9 Å². The van der Waals surface area contributed by atoms with Crippen LogP contribution in [0.3, 0.4) is 0 Å². The van der Waals surface area contributed by atoms with E-state index >= 15 is 0 Å². The molecule has 3 rings (SSSR count). The summed E-state index contributed by atoms with van der Waals surface area (Å²) in [5, 5.41) is 3.91. The van der Waals surface area contributed by atoms with Crippen LogP contribution in [-0.2, 0) is 11.3 Å². The van der Waals surface area contributed by atoms with Crippen molar-refractivity contribution in [3.63, 3.8) is 0 Å². The number of carbonyl (C=O) groups is 1. The fourth-order valence-corrected chi connectivity index (χ4v) is 2.93. The molecule has 0 atom stereocenters. The Balaban J connectivity index is 1.43. The highest BCUT2D eigenvalue weighted by Gasteiger charge is 2.23. The molecule has 25 heavy (non-hydrogen) atoms. The number of anilines is 1. The number of ether oxygens (including phenoxy) is 1. The molecule has 1 saturated heterocycles. The molecule has 0 aromatic heterocycles. The number of carbonyl (C=O) groups excluding carboxylic acids is 1. The molecule has 1 aliphatic heterocycles. The van der Waals surface area contributed by atoms with Crippen molar-refractivity contribution >= 4 is 29.1 Å². The zero-order chi connectivity index (χ0) is 17.5. The number of thiocarbonyl (C=S) groups is 1. The van der Waals surface area contributed by atoms with Crippen LogP contribution in [-0.4, -0.2) is 47.2 Å². The summed E-state index contributed by atoms with van der Waals surface area (Å²) >= 11 is 5.46. The summed E-state index contributed by atoms with van der Waals surface area (Å²) in [4.78, 5) is 16.0. The molecule has 130 valence electrons. The highest BCUT2D eigenvalue weighted by atomic mass is 32.1. The highest BCUT2D eigenvalue weighted by Crippen LogP contribution is 2.10. The van der Waals surface area contributed by atoms with Crippen LogP contribution in [0, 0.1) is 0 Å². The van der Waals surface area contributed by atoms with Crippen LogP contribution < -0.4 is 5.32 Å². The van der Waals surface area contributed by atoms with E-state index < -0.39 is 0 Å². The Morgan fingerprint density at radius 2 is 1.48 bits per heavy atom. The number of rotatable bonds is 3. The number of amides is 1. The minimum atomic E-state index is -0.273. The Morgan fingerprint density at radius 1 is 0.920 bits per heavy atom. The van der Waals surface area contributed by atoms with E-state index in [4.69, 9.17) is 17.0 Å². The van der Waals surface area contributed by atoms with Crippen LogP contribution >= 0.6 is 12.2 Å². The normalized spacial score (nSPS) is 14.1. The van der Waals surface area contributed by atoms with E-state index in [0.29, 0.717) is 37.9 Å². The van der Waals surface area contributed by atoms with E-state index in [0.717, 1.165) is 11.3 Å². The van der Waals surface area contributed by atoms with Gasteiger partial charge in [0.05, 0.1) is 0 Å². The first kappa shape index (κ1) is 17.2. The van der Waals surface area contributed by atoms with E-state index in [2.05, 4.69) is 10.2 Å². The molecule has 5 nitrogen and oxygen atoms in total. The summed E-state index contributed by atoms with van der Waals surface area (Å²) < 4.78 is 5.38. The molecule has 0 unspecified atom stereocenters. The third kappa shape index (κ3) is 4.93. The quantitative estimate of drug-likeness (QED) is 0.856. The summed E-state index contributed by atoms with van der Waals surface area (Å²) in [6, 6.07) is 19.5. The Labute approximate surface area is 153 Å². The van der Waals surface area contributed by atoms with Crippen LogP contribution in [0.4, 0.5) is 10.5 Å². The van der Waals surface area contributed by atoms with Crippen molar-refractivity contribution in [2.75, 3.05) is 31.5 Å². The van der Waals surface area contributed by atoms with Crippen LogP contribution in [0.1, 0.15) is 5.56 Å². The lowest BCUT2D eigenvalue weighted by Crippen LogP contribution is -2.51. The van der Waals surface area contributed by atoms with E-state index in [-0.39, 0.29) is 6.09 Å². The fourth-order valence-electron chi connectivity index (χ4n) is 2.63. The second-order valence-corrected chi connectivity index (χ2v) is 6.20. The molecular formula is C19H21N3O2S. The van der Waals surface area contributed by atoms with Crippen LogP contribution in [0.5, 0.6) is 0 Å². The van der Waals surface area contributed by atoms with Crippen molar-refractivity contribution < 1.29 is 9.53 Å². The second kappa shape index (κ2) is 8.48. The number of hydrogen-bond donors (Lipinski definition) is 1. The fraction of sp³-hybridized carbons (Fsp3) is 0.263. The van der Waals surface area contributed by atoms with Crippen molar-refractivity contribution in [2.24, 2.45) is 0 Å². The Hall–Kier alpha value is -2.60. The van der Waals surface area contributed by atoms with Gasteiger partial charge in [-0.25, -0.2) is 4.79 Å². The average molecular weight is 355 g/mol. The molecule has 1 amide bonds. The Morgan fingerprint density at radius 3 is 2.12 bits per heavy atom. The van der Waals surface area contributed by atoms with Crippen LogP contribution in [0.25, 0.3) is 0 Å². The van der Waals surface area contributed by atoms with E-state index in [1.165, 1.54) is 0 Å². The standard InChI is InChI=1S/C19H21N3O2S/c23-19(24-15-16-7-3-1-4-8-16)22-13-11-21(12-14-22)18(25)20-17-9-5-2-6-10-17/h1-10H,11-15H2,(H,20,25). The predicted octanol–water partition coefficient (Wildman–Crippen LogP) is 3.34. The average Bonchev–Trinajstić information content (AvgIpc) is 2.68. The molecule has 2 aromatic carbocycles. The van der Waals surface area contributed by atoms with Crippen molar-refractivity contribution in [2.45, 2.75) is 6.61 Å². The molecule has 6 heteroatoms. The van der Waals surface area contributed by atoms with Crippen molar-refractivity contribution in [1.82, 2.24) is 9.80 Å². The van der Waals surface area contributed by atoms with Gasteiger partial charge in [0.15, 0.2) is 5.11 Å². The van der Waals surface area contributed by atoms with E-state index in [1.54, 1.807) is 4.90 Å². The number of hydrogen-bond acceptors (Lipinski definition) is 3. The zero-order valence-electron chi connectivity index (χ0n) is 13.9. The van der Waals surface area contributed by atoms with Crippen molar-refractivity contribution in [1.29, 1.82) is 0 Å². The molecule has 0 radical (unpaired) electrons. The minimum Gasteiger partial charge on any atom is -0.445 e. The number of nitrogens with one attached hydrogen (secondary N) is 1. The number of para-hydroxylation sites is 1. The Kier molecular flexibility index (Phi) is 5.85. The third-order valence-electron chi connectivity index (χ3n) is 4.06. The lowest BCUT2D eigenvalue weighted by molar-refractivity contribution is 0.0828. The molecule has 0 bridgehead atoms. The van der Waals surface area contributed by atoms with Gasteiger partial charge in [-0.1, -0.05) is 48.5 Å². The SMILES string of the molecule is O=C(OCc1ccccc1)N1CCN(C(=S)Nc2ccccc2)CC1. The van der Waals surface area contributed by atoms with Crippen LogP contribution in [0.15, 0.2) is 60.7 Å². The number of benzene rings is 2. The van der Waals surface area contributed by atoms with Gasteiger partial charge < -0.3 is 19.9 Å². The second-order valence-electron chi connectivity index (χ2n) is 5.81. The summed E-state index contributed by atoms with van der Waals surface area (Å²) in [6.45, 7) is 2.89. The predicted molar refractivity (Wildman–Crippen MR) is 102 cm³/mol.